The summed E-state index contributed by atoms with van der Waals surface area (Å²) in [6, 6.07) is 0. The number of ether oxygens (including phenoxy) is 3. The van der Waals surface area contributed by atoms with Crippen LogP contribution < -0.4 is 0 Å². The molecule has 0 aromatic rings. The van der Waals surface area contributed by atoms with Crippen LogP contribution >= 0.6 is 0 Å². The summed E-state index contributed by atoms with van der Waals surface area (Å²) in [6.07, 6.45) is 6.83. The molecule has 0 amide bonds. The van der Waals surface area contributed by atoms with Crippen molar-refractivity contribution in [2.24, 2.45) is 0 Å². The van der Waals surface area contributed by atoms with Gasteiger partial charge in [0.15, 0.2) is 5.79 Å². The maximum Gasteiger partial charge on any atom is 0.169 e. The molecule has 1 spiro atoms. The van der Waals surface area contributed by atoms with Gasteiger partial charge in [-0.05, 0) is 38.7 Å². The Morgan fingerprint density at radius 2 is 2.44 bits per heavy atom. The Labute approximate surface area is 96.8 Å². The van der Waals surface area contributed by atoms with E-state index in [9.17, 15) is 0 Å². The van der Waals surface area contributed by atoms with Crippen LogP contribution in [0.25, 0.3) is 0 Å². The highest BCUT2D eigenvalue weighted by Gasteiger charge is 2.60. The molecule has 2 heterocycles. The van der Waals surface area contributed by atoms with Crippen LogP contribution in [0.15, 0.2) is 11.6 Å². The van der Waals surface area contributed by atoms with Crippen LogP contribution in [-0.2, 0) is 14.2 Å². The Kier molecular flexibility index (Phi) is 2.39. The fourth-order valence-electron chi connectivity index (χ4n) is 3.41. The first-order valence-electron chi connectivity index (χ1n) is 6.34. The molecule has 3 rings (SSSR count). The molecule has 1 aliphatic carbocycles. The van der Waals surface area contributed by atoms with Crippen molar-refractivity contribution in [2.45, 2.75) is 57.0 Å². The Balaban J connectivity index is 1.90. The summed E-state index contributed by atoms with van der Waals surface area (Å²) < 4.78 is 17.9. The molecule has 0 aromatic heterocycles. The summed E-state index contributed by atoms with van der Waals surface area (Å²) in [6.45, 7) is 5.50. The van der Waals surface area contributed by atoms with Crippen LogP contribution in [0.1, 0.15) is 39.5 Å². The molecule has 0 radical (unpaired) electrons. The van der Waals surface area contributed by atoms with Gasteiger partial charge in [0, 0.05) is 13.0 Å². The van der Waals surface area contributed by atoms with Crippen molar-refractivity contribution in [3.05, 3.63) is 11.6 Å². The van der Waals surface area contributed by atoms with Crippen LogP contribution in [0.4, 0.5) is 0 Å². The maximum atomic E-state index is 6.29. The van der Waals surface area contributed by atoms with Crippen molar-refractivity contribution in [3.63, 3.8) is 0 Å². The number of allylic oxidation sites excluding steroid dienone is 1. The third-order valence-electron chi connectivity index (χ3n) is 4.05. The van der Waals surface area contributed by atoms with Gasteiger partial charge >= 0.3 is 0 Å². The molecule has 3 atom stereocenters. The van der Waals surface area contributed by atoms with Crippen molar-refractivity contribution < 1.29 is 14.2 Å². The van der Waals surface area contributed by atoms with E-state index in [-0.39, 0.29) is 11.7 Å². The van der Waals surface area contributed by atoms with Gasteiger partial charge < -0.3 is 14.2 Å². The first kappa shape index (κ1) is 10.8. The van der Waals surface area contributed by atoms with Crippen molar-refractivity contribution in [2.75, 3.05) is 13.2 Å². The van der Waals surface area contributed by atoms with Crippen molar-refractivity contribution >= 4 is 0 Å². The van der Waals surface area contributed by atoms with Gasteiger partial charge in [-0.2, -0.15) is 0 Å². The number of hydrogen-bond donors (Lipinski definition) is 0. The highest BCUT2D eigenvalue weighted by Crippen LogP contribution is 2.52. The zero-order valence-corrected chi connectivity index (χ0v) is 10.1. The quantitative estimate of drug-likeness (QED) is 0.674. The topological polar surface area (TPSA) is 27.7 Å². The second-order valence-electron chi connectivity index (χ2n) is 5.18. The molecule has 3 nitrogen and oxygen atoms in total. The van der Waals surface area contributed by atoms with E-state index in [4.69, 9.17) is 14.2 Å². The Morgan fingerprint density at radius 1 is 1.56 bits per heavy atom. The molecule has 0 saturated carbocycles. The molecular weight excluding hydrogens is 204 g/mol. The summed E-state index contributed by atoms with van der Waals surface area (Å²) in [5.74, 6) is -0.448. The van der Waals surface area contributed by atoms with E-state index in [1.807, 2.05) is 13.8 Å². The monoisotopic (exact) mass is 224 g/mol. The van der Waals surface area contributed by atoms with Crippen molar-refractivity contribution in [3.8, 4) is 0 Å². The number of hydrogen-bond acceptors (Lipinski definition) is 3. The summed E-state index contributed by atoms with van der Waals surface area (Å²) in [5.41, 5.74) is 1.20. The highest BCUT2D eigenvalue weighted by atomic mass is 16.7. The molecule has 16 heavy (non-hydrogen) atoms. The molecule has 90 valence electrons. The van der Waals surface area contributed by atoms with E-state index in [1.165, 1.54) is 18.4 Å². The summed E-state index contributed by atoms with van der Waals surface area (Å²) in [5, 5.41) is 0. The fraction of sp³-hybridized carbons (Fsp3) is 0.846. The van der Waals surface area contributed by atoms with Gasteiger partial charge in [-0.3, -0.25) is 0 Å². The lowest BCUT2D eigenvalue weighted by molar-refractivity contribution is -0.232. The largest absolute Gasteiger partial charge is 0.370 e. The Morgan fingerprint density at radius 3 is 3.25 bits per heavy atom. The zero-order chi connectivity index (χ0) is 11.2. The maximum absolute atomic E-state index is 6.29. The smallest absolute Gasteiger partial charge is 0.169 e. The second-order valence-corrected chi connectivity index (χ2v) is 5.18. The standard InChI is InChI=1S/C13H20O3/c1-3-15-12(2)8-11-13(16-12)7-5-4-6-10(13)9-14-11/h6,11H,3-5,7-9H2,1-2H3/t11-,12-,13-/m0/s1. The first-order chi connectivity index (χ1) is 7.69. The van der Waals surface area contributed by atoms with Crippen LogP contribution in [0.3, 0.4) is 0 Å². The average molecular weight is 224 g/mol. The predicted octanol–water partition coefficient (Wildman–Crippen LogP) is 2.41. The third-order valence-corrected chi connectivity index (χ3v) is 4.05. The minimum Gasteiger partial charge on any atom is -0.370 e. The van der Waals surface area contributed by atoms with E-state index < -0.39 is 5.79 Å². The molecule has 2 saturated heterocycles. The predicted molar refractivity (Wildman–Crippen MR) is 60.1 cm³/mol. The van der Waals surface area contributed by atoms with Gasteiger partial charge in [-0.25, -0.2) is 0 Å². The third kappa shape index (κ3) is 1.38. The summed E-state index contributed by atoms with van der Waals surface area (Å²) >= 11 is 0. The number of rotatable bonds is 2. The van der Waals surface area contributed by atoms with Crippen LogP contribution in [-0.4, -0.2) is 30.7 Å². The highest BCUT2D eigenvalue weighted by molar-refractivity contribution is 5.30. The van der Waals surface area contributed by atoms with Gasteiger partial charge in [0.25, 0.3) is 0 Å². The van der Waals surface area contributed by atoms with Crippen LogP contribution in [0.5, 0.6) is 0 Å². The molecule has 0 aromatic carbocycles. The lowest BCUT2D eigenvalue weighted by atomic mass is 9.81. The van der Waals surface area contributed by atoms with Gasteiger partial charge in [0.1, 0.15) is 5.60 Å². The zero-order valence-electron chi connectivity index (χ0n) is 10.1. The van der Waals surface area contributed by atoms with Gasteiger partial charge in [0.2, 0.25) is 0 Å². The van der Waals surface area contributed by atoms with Crippen LogP contribution in [0.2, 0.25) is 0 Å². The van der Waals surface area contributed by atoms with E-state index in [0.717, 1.165) is 19.4 Å². The average Bonchev–Trinajstić information content (AvgIpc) is 2.68. The molecule has 2 fully saturated rings. The van der Waals surface area contributed by atoms with E-state index >= 15 is 0 Å². The van der Waals surface area contributed by atoms with Crippen LogP contribution in [0, 0.1) is 0 Å². The molecule has 2 aliphatic heterocycles. The minimum absolute atomic E-state index is 0.151. The molecule has 0 unspecified atom stereocenters. The van der Waals surface area contributed by atoms with Gasteiger partial charge in [0.05, 0.1) is 12.7 Å². The minimum atomic E-state index is -0.448. The molecule has 0 bridgehead atoms. The van der Waals surface area contributed by atoms with Crippen molar-refractivity contribution in [1.82, 2.24) is 0 Å². The van der Waals surface area contributed by atoms with E-state index in [1.54, 1.807) is 0 Å². The lowest BCUT2D eigenvalue weighted by Gasteiger charge is -2.34. The van der Waals surface area contributed by atoms with E-state index in [0.29, 0.717) is 6.61 Å². The fourth-order valence-corrected chi connectivity index (χ4v) is 3.41. The molecule has 3 aliphatic rings. The summed E-state index contributed by atoms with van der Waals surface area (Å²) in [7, 11) is 0. The lowest BCUT2D eigenvalue weighted by Crippen LogP contribution is -2.40. The first-order valence-corrected chi connectivity index (χ1v) is 6.34. The molecule has 0 N–H and O–H groups in total. The van der Waals surface area contributed by atoms with E-state index in [2.05, 4.69) is 6.08 Å². The van der Waals surface area contributed by atoms with Gasteiger partial charge in [-0.1, -0.05) is 6.08 Å². The normalized spacial score (nSPS) is 46.4. The SMILES string of the molecule is CCO[C@]1(C)C[C@@H]2OCC3=CCCC[C@]32O1. The van der Waals surface area contributed by atoms with Crippen molar-refractivity contribution in [1.29, 1.82) is 0 Å². The summed E-state index contributed by atoms with van der Waals surface area (Å²) in [4.78, 5) is 0. The molecular formula is C13H20O3. The van der Waals surface area contributed by atoms with Gasteiger partial charge in [-0.15, -0.1) is 0 Å². The Hall–Kier alpha value is -0.380. The Bertz CT molecular complexity index is 325. The second kappa shape index (κ2) is 3.56. The molecule has 3 heteroatoms.